The van der Waals surface area contributed by atoms with E-state index in [0.717, 1.165) is 38.5 Å². The lowest BCUT2D eigenvalue weighted by Crippen LogP contribution is -2.65. The van der Waals surface area contributed by atoms with E-state index in [1.807, 2.05) is 6.08 Å². The summed E-state index contributed by atoms with van der Waals surface area (Å²) in [5, 5.41) is 86.6. The Labute approximate surface area is 380 Å². The molecule has 4 unspecified atom stereocenters. The molecule has 2 rings (SSSR count). The van der Waals surface area contributed by atoms with Gasteiger partial charge in [-0.25, -0.2) is 0 Å². The van der Waals surface area contributed by atoms with Crippen molar-refractivity contribution < 1.29 is 64.6 Å². The second kappa shape index (κ2) is 36.8. The summed E-state index contributed by atoms with van der Waals surface area (Å²) in [4.78, 5) is 13.1. The topological polar surface area (TPSA) is 228 Å². The number of hydrogen-bond donors (Lipinski definition) is 9. The van der Waals surface area contributed by atoms with Crippen molar-refractivity contribution >= 4 is 5.91 Å². The largest absolute Gasteiger partial charge is 0.394 e. The van der Waals surface area contributed by atoms with Crippen LogP contribution in [0.25, 0.3) is 0 Å². The highest BCUT2D eigenvalue weighted by Crippen LogP contribution is 2.30. The van der Waals surface area contributed by atoms with Gasteiger partial charge >= 0.3 is 0 Å². The van der Waals surface area contributed by atoms with E-state index in [2.05, 4.69) is 19.2 Å². The molecule has 0 aromatic heterocycles. The molecule has 2 fully saturated rings. The zero-order valence-corrected chi connectivity index (χ0v) is 39.3. The summed E-state index contributed by atoms with van der Waals surface area (Å²) in [5.41, 5.74) is 0. The number of rotatable bonds is 39. The number of nitrogens with one attached hydrogen (secondary N) is 1. The summed E-state index contributed by atoms with van der Waals surface area (Å²) in [6, 6.07) is -0.906. The second-order valence-corrected chi connectivity index (χ2v) is 18.3. The van der Waals surface area contributed by atoms with Gasteiger partial charge in [0.1, 0.15) is 48.8 Å². The maximum atomic E-state index is 13.1. The first-order valence-electron chi connectivity index (χ1n) is 25.4. The van der Waals surface area contributed by atoms with E-state index in [1.54, 1.807) is 6.08 Å². The zero-order chi connectivity index (χ0) is 46.1. The van der Waals surface area contributed by atoms with Crippen LogP contribution in [0.15, 0.2) is 12.2 Å². The molecule has 63 heavy (non-hydrogen) atoms. The molecular weight excluding hydrogens is 811 g/mol. The van der Waals surface area contributed by atoms with Gasteiger partial charge in [-0.1, -0.05) is 187 Å². The average Bonchev–Trinajstić information content (AvgIpc) is 3.28. The number of aliphatic hydroxyl groups excluding tert-OH is 8. The number of allylic oxidation sites excluding steroid dienone is 1. The molecule has 2 saturated heterocycles. The van der Waals surface area contributed by atoms with Gasteiger partial charge in [0.25, 0.3) is 0 Å². The van der Waals surface area contributed by atoms with E-state index < -0.39 is 86.8 Å². The summed E-state index contributed by atoms with van der Waals surface area (Å²) in [5.74, 6) is -0.238. The van der Waals surface area contributed by atoms with Crippen LogP contribution in [0.5, 0.6) is 0 Å². The molecule has 0 aromatic rings. The molecule has 14 heteroatoms. The minimum atomic E-state index is -1.78. The van der Waals surface area contributed by atoms with Gasteiger partial charge in [0.05, 0.1) is 32.0 Å². The Bertz CT molecular complexity index is 1120. The van der Waals surface area contributed by atoms with Crippen LogP contribution in [0.4, 0.5) is 0 Å². The number of carbonyl (C=O) groups excluding carboxylic acids is 1. The zero-order valence-electron chi connectivity index (χ0n) is 39.3. The summed E-state index contributed by atoms with van der Waals surface area (Å²) < 4.78 is 22.7. The third-order valence-electron chi connectivity index (χ3n) is 12.7. The maximum Gasteiger partial charge on any atom is 0.220 e. The summed E-state index contributed by atoms with van der Waals surface area (Å²) in [6.45, 7) is 2.77. The van der Waals surface area contributed by atoms with Crippen molar-refractivity contribution in [1.82, 2.24) is 5.32 Å². The highest BCUT2D eigenvalue weighted by molar-refractivity contribution is 5.76. The summed E-state index contributed by atoms with van der Waals surface area (Å²) >= 11 is 0. The lowest BCUT2D eigenvalue weighted by Gasteiger charge is -2.46. The fraction of sp³-hybridized carbons (Fsp3) is 0.939. The molecule has 0 radical (unpaired) electrons. The summed E-state index contributed by atoms with van der Waals surface area (Å²) in [7, 11) is 0. The molecule has 0 bridgehead atoms. The van der Waals surface area contributed by atoms with E-state index in [4.69, 9.17) is 18.9 Å². The molecule has 1 amide bonds. The molecule has 2 heterocycles. The molecule has 2 aliphatic rings. The van der Waals surface area contributed by atoms with Gasteiger partial charge in [0, 0.05) is 6.42 Å². The molecule has 0 aromatic carbocycles. The molecule has 0 saturated carbocycles. The molecule has 2 aliphatic heterocycles. The summed E-state index contributed by atoms with van der Waals surface area (Å²) in [6.07, 6.45) is 21.2. The van der Waals surface area contributed by atoms with Gasteiger partial charge in [0.15, 0.2) is 12.6 Å². The maximum absolute atomic E-state index is 13.1. The Morgan fingerprint density at radius 2 is 0.984 bits per heavy atom. The van der Waals surface area contributed by atoms with E-state index in [0.29, 0.717) is 6.42 Å². The van der Waals surface area contributed by atoms with Crippen molar-refractivity contribution in [3.05, 3.63) is 12.2 Å². The average molecular weight is 904 g/mol. The van der Waals surface area contributed by atoms with Gasteiger partial charge in [-0.05, 0) is 19.3 Å². The SMILES string of the molecule is CCCCCCCCCC/C=C/[C@@H](O)[C@H](CO[C@@H]1O[C@H](CO)[C@@H](O[C@@H]2O[C@H](CO)[C@H](O)C(O)C2O)C(O)C1O)NC(=O)CCCCCCCCCCCCCCCCCCCCC. The van der Waals surface area contributed by atoms with Crippen LogP contribution in [-0.2, 0) is 23.7 Å². The van der Waals surface area contributed by atoms with Crippen LogP contribution < -0.4 is 5.32 Å². The van der Waals surface area contributed by atoms with E-state index in [9.17, 15) is 45.6 Å². The molecule has 372 valence electrons. The fourth-order valence-corrected chi connectivity index (χ4v) is 8.53. The van der Waals surface area contributed by atoms with Gasteiger partial charge in [-0.2, -0.15) is 0 Å². The minimum absolute atomic E-state index is 0.238. The Kier molecular flexibility index (Phi) is 33.8. The molecule has 0 spiro atoms. The Balaban J connectivity index is 1.80. The molecule has 0 aliphatic carbocycles. The molecule has 9 N–H and O–H groups in total. The van der Waals surface area contributed by atoms with Crippen LogP contribution >= 0.6 is 0 Å². The normalized spacial score (nSPS) is 27.5. The predicted octanol–water partition coefficient (Wildman–Crippen LogP) is 6.38. The van der Waals surface area contributed by atoms with Crippen molar-refractivity contribution in [2.75, 3.05) is 19.8 Å². The number of amides is 1. The van der Waals surface area contributed by atoms with Crippen molar-refractivity contribution in [1.29, 1.82) is 0 Å². The first-order chi connectivity index (χ1) is 30.6. The minimum Gasteiger partial charge on any atom is -0.394 e. The van der Waals surface area contributed by atoms with Crippen molar-refractivity contribution in [3.8, 4) is 0 Å². The number of unbranched alkanes of at least 4 members (excludes halogenated alkanes) is 26. The Morgan fingerprint density at radius 1 is 0.556 bits per heavy atom. The Morgan fingerprint density at radius 3 is 1.46 bits per heavy atom. The predicted molar refractivity (Wildman–Crippen MR) is 245 cm³/mol. The van der Waals surface area contributed by atoms with Gasteiger partial charge in [0.2, 0.25) is 5.91 Å². The molecule has 14 nitrogen and oxygen atoms in total. The van der Waals surface area contributed by atoms with E-state index >= 15 is 0 Å². The highest BCUT2D eigenvalue weighted by Gasteiger charge is 2.51. The first-order valence-corrected chi connectivity index (χ1v) is 25.4. The van der Waals surface area contributed by atoms with Crippen LogP contribution in [-0.4, -0.2) is 140 Å². The third-order valence-corrected chi connectivity index (χ3v) is 12.7. The van der Waals surface area contributed by atoms with Crippen molar-refractivity contribution in [2.45, 2.75) is 274 Å². The fourth-order valence-electron chi connectivity index (χ4n) is 8.53. The quantitative estimate of drug-likeness (QED) is 0.0241. The standard InChI is InChI=1S/C49H93NO13/c1-3-5-7-9-11-13-15-16-17-18-19-20-21-22-23-25-27-29-31-33-41(54)50-37(38(53)32-30-28-26-24-14-12-10-8-6-4-2)36-60-48-46(59)44(57)47(40(35-52)62-48)63-49-45(58)43(56)42(55)39(34-51)61-49/h30,32,37-40,42-49,51-53,55-59H,3-29,31,33-36H2,1-2H3,(H,50,54)/b32-30+/t37-,38+,39+,40+,42-,43?,44?,45?,46?,47+,48+,49-/m0/s1. The number of carbonyl (C=O) groups is 1. The lowest BCUT2D eigenvalue weighted by atomic mass is 9.97. The second-order valence-electron chi connectivity index (χ2n) is 18.3. The third kappa shape index (κ3) is 24.4. The highest BCUT2D eigenvalue weighted by atomic mass is 16.7. The number of aliphatic hydroxyl groups is 8. The van der Waals surface area contributed by atoms with Crippen LogP contribution in [0.3, 0.4) is 0 Å². The first kappa shape index (κ1) is 57.9. The monoisotopic (exact) mass is 904 g/mol. The van der Waals surface area contributed by atoms with Crippen LogP contribution in [0, 0.1) is 0 Å². The smallest absolute Gasteiger partial charge is 0.220 e. The number of ether oxygens (including phenoxy) is 4. The lowest BCUT2D eigenvalue weighted by molar-refractivity contribution is -0.359. The van der Waals surface area contributed by atoms with Crippen LogP contribution in [0.1, 0.15) is 200 Å². The molecular formula is C49H93NO13. The number of hydrogen-bond acceptors (Lipinski definition) is 13. The van der Waals surface area contributed by atoms with Gasteiger partial charge < -0.3 is 65.1 Å². The van der Waals surface area contributed by atoms with Crippen molar-refractivity contribution in [2.24, 2.45) is 0 Å². The van der Waals surface area contributed by atoms with Gasteiger partial charge in [-0.3, -0.25) is 4.79 Å². The van der Waals surface area contributed by atoms with Crippen molar-refractivity contribution in [3.63, 3.8) is 0 Å². The molecule has 12 atom stereocenters. The van der Waals surface area contributed by atoms with E-state index in [-0.39, 0.29) is 18.9 Å². The Hall–Kier alpha value is -1.27. The van der Waals surface area contributed by atoms with Gasteiger partial charge in [-0.15, -0.1) is 0 Å². The van der Waals surface area contributed by atoms with Crippen LogP contribution in [0.2, 0.25) is 0 Å². The van der Waals surface area contributed by atoms with E-state index in [1.165, 1.54) is 135 Å².